The van der Waals surface area contributed by atoms with Crippen molar-refractivity contribution in [1.29, 1.82) is 0 Å². The number of Topliss-reactive ketones (excluding diaryl/α,β-unsaturated/α-hetero) is 1. The minimum Gasteiger partial charge on any atom is -0.484 e. The van der Waals surface area contributed by atoms with Gasteiger partial charge in [0.2, 0.25) is 0 Å². The molecule has 0 radical (unpaired) electrons. The summed E-state index contributed by atoms with van der Waals surface area (Å²) in [6, 6.07) is 10.0. The second kappa shape index (κ2) is 7.01. The predicted octanol–water partition coefficient (Wildman–Crippen LogP) is 5.29. The first-order chi connectivity index (χ1) is 12.9. The van der Waals surface area contributed by atoms with Gasteiger partial charge in [-0.25, -0.2) is 0 Å². The van der Waals surface area contributed by atoms with Gasteiger partial charge in [0, 0.05) is 41.5 Å². The van der Waals surface area contributed by atoms with Gasteiger partial charge in [-0.05, 0) is 36.4 Å². The van der Waals surface area contributed by atoms with Crippen LogP contribution in [0.4, 0.5) is 0 Å². The largest absolute Gasteiger partial charge is 0.484 e. The summed E-state index contributed by atoms with van der Waals surface area (Å²) in [6.07, 6.45) is 1.40. The molecule has 27 heavy (non-hydrogen) atoms. The summed E-state index contributed by atoms with van der Waals surface area (Å²) in [6.45, 7) is 1.02. The van der Waals surface area contributed by atoms with Crippen molar-refractivity contribution in [2.75, 3.05) is 13.1 Å². The zero-order valence-corrected chi connectivity index (χ0v) is 16.6. The standard InChI is InChI=1S/C20H16Cl3NO3/c21-13-3-1-12(2-4-13)19(26)24-7-5-20(6-8-24)11-17(25)15-9-14(22)10-16(23)18(15)27-20/h1-4,9-10H,5-8,11H2. The molecule has 0 saturated carbocycles. The maximum absolute atomic E-state index is 12.7. The number of fused-ring (bicyclic) bond motifs is 1. The number of carbonyl (C=O) groups excluding carboxylic acids is 2. The molecular formula is C20H16Cl3NO3. The van der Waals surface area contributed by atoms with Crippen LogP contribution in [0.15, 0.2) is 36.4 Å². The SMILES string of the molecule is O=C1CC2(CCN(C(=O)c3ccc(Cl)cc3)CC2)Oc2c(Cl)cc(Cl)cc21. The van der Waals surface area contributed by atoms with Crippen LogP contribution < -0.4 is 4.74 Å². The lowest BCUT2D eigenvalue weighted by atomic mass is 9.82. The van der Waals surface area contributed by atoms with Gasteiger partial charge in [0.25, 0.3) is 5.91 Å². The van der Waals surface area contributed by atoms with Crippen LogP contribution in [-0.2, 0) is 0 Å². The quantitative estimate of drug-likeness (QED) is 0.625. The fourth-order valence-electron chi connectivity index (χ4n) is 3.68. The lowest BCUT2D eigenvalue weighted by Gasteiger charge is -2.44. The Morgan fingerprint density at radius 1 is 1.00 bits per heavy atom. The number of rotatable bonds is 1. The molecule has 4 rings (SSSR count). The second-order valence-electron chi connectivity index (χ2n) is 6.95. The Hall–Kier alpha value is -1.75. The van der Waals surface area contributed by atoms with Gasteiger partial charge < -0.3 is 9.64 Å². The fourth-order valence-corrected chi connectivity index (χ4v) is 4.34. The van der Waals surface area contributed by atoms with Gasteiger partial charge in [-0.1, -0.05) is 34.8 Å². The number of halogens is 3. The first kappa shape index (κ1) is 18.6. The fraction of sp³-hybridized carbons (Fsp3) is 0.300. The summed E-state index contributed by atoms with van der Waals surface area (Å²) in [5.41, 5.74) is 0.398. The molecule has 1 fully saturated rings. The van der Waals surface area contributed by atoms with Crippen molar-refractivity contribution in [1.82, 2.24) is 4.90 Å². The van der Waals surface area contributed by atoms with Crippen LogP contribution in [0.5, 0.6) is 5.75 Å². The van der Waals surface area contributed by atoms with E-state index in [0.29, 0.717) is 57.9 Å². The van der Waals surface area contributed by atoms with Crippen LogP contribution in [0.3, 0.4) is 0 Å². The van der Waals surface area contributed by atoms with E-state index in [1.807, 2.05) is 0 Å². The lowest BCUT2D eigenvalue weighted by Crippen LogP contribution is -2.52. The second-order valence-corrected chi connectivity index (χ2v) is 8.23. The normalized spacial score (nSPS) is 18.2. The van der Waals surface area contributed by atoms with Crippen molar-refractivity contribution in [3.05, 3.63) is 62.6 Å². The molecule has 1 saturated heterocycles. The van der Waals surface area contributed by atoms with Crippen molar-refractivity contribution >= 4 is 46.5 Å². The third-order valence-corrected chi connectivity index (χ3v) is 5.91. The molecule has 0 aliphatic carbocycles. The number of ketones is 1. The molecule has 2 aromatic rings. The van der Waals surface area contributed by atoms with Gasteiger partial charge in [0.1, 0.15) is 11.4 Å². The van der Waals surface area contributed by atoms with Crippen LogP contribution in [-0.4, -0.2) is 35.3 Å². The molecule has 140 valence electrons. The molecule has 1 spiro atoms. The van der Waals surface area contributed by atoms with Crippen molar-refractivity contribution in [2.24, 2.45) is 0 Å². The minimum absolute atomic E-state index is 0.0295. The number of ether oxygens (including phenoxy) is 1. The highest BCUT2D eigenvalue weighted by Gasteiger charge is 2.44. The topological polar surface area (TPSA) is 46.6 Å². The Morgan fingerprint density at radius 3 is 2.33 bits per heavy atom. The minimum atomic E-state index is -0.627. The van der Waals surface area contributed by atoms with Crippen LogP contribution in [0, 0.1) is 0 Å². The number of likely N-dealkylation sites (tertiary alicyclic amines) is 1. The summed E-state index contributed by atoms with van der Waals surface area (Å²) >= 11 is 18.1. The van der Waals surface area contributed by atoms with Crippen molar-refractivity contribution in [3.8, 4) is 5.75 Å². The Bertz CT molecular complexity index is 919. The van der Waals surface area contributed by atoms with Crippen LogP contribution >= 0.6 is 34.8 Å². The molecule has 2 aliphatic rings. The van der Waals surface area contributed by atoms with E-state index in [1.165, 1.54) is 0 Å². The lowest BCUT2D eigenvalue weighted by molar-refractivity contribution is -0.00564. The zero-order valence-electron chi connectivity index (χ0n) is 14.3. The van der Waals surface area contributed by atoms with E-state index in [1.54, 1.807) is 41.3 Å². The maximum atomic E-state index is 12.7. The molecule has 2 aliphatic heterocycles. The number of benzene rings is 2. The number of nitrogens with zero attached hydrogens (tertiary/aromatic N) is 1. The zero-order chi connectivity index (χ0) is 19.2. The van der Waals surface area contributed by atoms with Crippen molar-refractivity contribution in [3.63, 3.8) is 0 Å². The molecule has 1 amide bonds. The van der Waals surface area contributed by atoms with Gasteiger partial charge in [-0.15, -0.1) is 0 Å². The third-order valence-electron chi connectivity index (χ3n) is 5.16. The molecule has 0 bridgehead atoms. The summed E-state index contributed by atoms with van der Waals surface area (Å²) in [4.78, 5) is 27.1. The molecular weight excluding hydrogens is 409 g/mol. The van der Waals surface area contributed by atoms with Gasteiger partial charge >= 0.3 is 0 Å². The summed E-state index contributed by atoms with van der Waals surface area (Å²) in [5, 5.41) is 1.34. The number of hydrogen-bond acceptors (Lipinski definition) is 3. The number of amides is 1. The average molecular weight is 425 g/mol. The van der Waals surface area contributed by atoms with E-state index in [9.17, 15) is 9.59 Å². The monoisotopic (exact) mass is 423 g/mol. The molecule has 2 heterocycles. The van der Waals surface area contributed by atoms with Gasteiger partial charge in [-0.2, -0.15) is 0 Å². The average Bonchev–Trinajstić information content (AvgIpc) is 2.64. The van der Waals surface area contributed by atoms with Crippen LogP contribution in [0.1, 0.15) is 40.0 Å². The highest BCUT2D eigenvalue weighted by Crippen LogP contribution is 2.44. The molecule has 0 N–H and O–H groups in total. The van der Waals surface area contributed by atoms with Crippen LogP contribution in [0.25, 0.3) is 0 Å². The Labute approximate surface area is 172 Å². The molecule has 0 aromatic heterocycles. The van der Waals surface area contributed by atoms with E-state index in [4.69, 9.17) is 39.5 Å². The third kappa shape index (κ3) is 3.54. The highest BCUT2D eigenvalue weighted by molar-refractivity contribution is 6.36. The summed E-state index contributed by atoms with van der Waals surface area (Å²) in [7, 11) is 0. The van der Waals surface area contributed by atoms with Crippen LogP contribution in [0.2, 0.25) is 15.1 Å². The number of hydrogen-bond donors (Lipinski definition) is 0. The molecule has 4 nitrogen and oxygen atoms in total. The first-order valence-corrected chi connectivity index (χ1v) is 9.76. The Balaban J connectivity index is 1.51. The summed E-state index contributed by atoms with van der Waals surface area (Å²) < 4.78 is 6.20. The van der Waals surface area contributed by atoms with E-state index >= 15 is 0 Å². The highest BCUT2D eigenvalue weighted by atomic mass is 35.5. The van der Waals surface area contributed by atoms with Crippen molar-refractivity contribution in [2.45, 2.75) is 24.9 Å². The first-order valence-electron chi connectivity index (χ1n) is 8.63. The molecule has 0 unspecified atom stereocenters. The van der Waals surface area contributed by atoms with E-state index in [0.717, 1.165) is 0 Å². The predicted molar refractivity (Wildman–Crippen MR) is 105 cm³/mol. The van der Waals surface area contributed by atoms with E-state index < -0.39 is 5.60 Å². The van der Waals surface area contributed by atoms with Gasteiger partial charge in [0.15, 0.2) is 5.78 Å². The number of carbonyl (C=O) groups is 2. The van der Waals surface area contributed by atoms with Gasteiger partial charge in [-0.3, -0.25) is 9.59 Å². The summed E-state index contributed by atoms with van der Waals surface area (Å²) in [5.74, 6) is 0.321. The maximum Gasteiger partial charge on any atom is 0.253 e. The molecule has 0 atom stereocenters. The smallest absolute Gasteiger partial charge is 0.253 e. The van der Waals surface area contributed by atoms with Crippen molar-refractivity contribution < 1.29 is 14.3 Å². The van der Waals surface area contributed by atoms with E-state index in [-0.39, 0.29) is 18.1 Å². The Morgan fingerprint density at radius 2 is 1.67 bits per heavy atom. The van der Waals surface area contributed by atoms with E-state index in [2.05, 4.69) is 0 Å². The Kier molecular flexibility index (Phi) is 4.83. The molecule has 2 aromatic carbocycles. The number of piperidine rings is 1. The molecule has 7 heteroatoms. The van der Waals surface area contributed by atoms with Gasteiger partial charge in [0.05, 0.1) is 17.0 Å².